The van der Waals surface area contributed by atoms with Gasteiger partial charge in [-0.1, -0.05) is 47.5 Å². The molecule has 2 aromatic carbocycles. The van der Waals surface area contributed by atoms with Gasteiger partial charge >= 0.3 is 0 Å². The Labute approximate surface area is 200 Å². The maximum atomic E-state index is 13.7. The highest BCUT2D eigenvalue weighted by Gasteiger charge is 2.54. The second-order valence-corrected chi connectivity index (χ2v) is 10.3. The zero-order valence-corrected chi connectivity index (χ0v) is 19.8. The number of aromatic nitrogens is 1. The van der Waals surface area contributed by atoms with E-state index in [-0.39, 0.29) is 35.1 Å². The Morgan fingerprint density at radius 3 is 2.79 bits per heavy atom. The van der Waals surface area contributed by atoms with Crippen LogP contribution in [0.15, 0.2) is 42.5 Å². The van der Waals surface area contributed by atoms with Crippen LogP contribution in [0.25, 0.3) is 10.4 Å². The molecule has 5 rings (SSSR count). The van der Waals surface area contributed by atoms with Gasteiger partial charge in [-0.25, -0.2) is 9.37 Å². The van der Waals surface area contributed by atoms with E-state index in [9.17, 15) is 14.0 Å². The van der Waals surface area contributed by atoms with Crippen LogP contribution in [0.1, 0.15) is 44.3 Å². The Morgan fingerprint density at radius 1 is 1.21 bits per heavy atom. The summed E-state index contributed by atoms with van der Waals surface area (Å²) >= 11 is 7.47. The maximum absolute atomic E-state index is 13.7. The molecule has 170 valence electrons. The van der Waals surface area contributed by atoms with Gasteiger partial charge in [0.05, 0.1) is 26.5 Å². The molecule has 2 unspecified atom stereocenters. The number of piperidine rings is 1. The van der Waals surface area contributed by atoms with E-state index in [0.717, 1.165) is 33.9 Å². The van der Waals surface area contributed by atoms with Crippen LogP contribution < -0.4 is 5.32 Å². The Hall–Kier alpha value is -2.77. The molecule has 2 amide bonds. The van der Waals surface area contributed by atoms with Gasteiger partial charge in [-0.2, -0.15) is 0 Å². The zero-order valence-electron chi connectivity index (χ0n) is 18.3. The first-order chi connectivity index (χ1) is 15.8. The van der Waals surface area contributed by atoms with E-state index in [4.69, 9.17) is 11.6 Å². The number of rotatable bonds is 5. The molecule has 1 saturated heterocycles. The third-order valence-electron chi connectivity index (χ3n) is 6.36. The number of aryl methyl sites for hydroxylation is 2. The summed E-state index contributed by atoms with van der Waals surface area (Å²) in [6.45, 7) is 4.22. The zero-order chi connectivity index (χ0) is 23.3. The number of halogens is 2. The van der Waals surface area contributed by atoms with Gasteiger partial charge in [0, 0.05) is 12.6 Å². The first kappa shape index (κ1) is 22.0. The predicted molar refractivity (Wildman–Crippen MR) is 127 cm³/mol. The fourth-order valence-electron chi connectivity index (χ4n) is 4.72. The number of likely N-dealkylation sites (tertiary alicyclic amines) is 1. The minimum atomic E-state index is -0.634. The van der Waals surface area contributed by atoms with Crippen LogP contribution >= 0.6 is 22.9 Å². The van der Waals surface area contributed by atoms with Crippen LogP contribution in [0.3, 0.4) is 0 Å². The molecule has 0 spiro atoms. The largest absolute Gasteiger partial charge is 0.350 e. The van der Waals surface area contributed by atoms with Crippen molar-refractivity contribution >= 4 is 34.8 Å². The molecule has 0 radical (unpaired) electrons. The number of fused-ring (bicyclic) bond motifs is 1. The Kier molecular flexibility index (Phi) is 5.70. The molecule has 1 aliphatic carbocycles. The topological polar surface area (TPSA) is 62.3 Å². The average molecular weight is 484 g/mol. The van der Waals surface area contributed by atoms with Crippen molar-refractivity contribution in [1.29, 1.82) is 0 Å². The fourth-order valence-corrected chi connectivity index (χ4v) is 5.84. The Morgan fingerprint density at radius 2 is 2.00 bits per heavy atom. The number of thiazole rings is 1. The molecule has 33 heavy (non-hydrogen) atoms. The van der Waals surface area contributed by atoms with Crippen molar-refractivity contribution in [3.05, 3.63) is 75.1 Å². The number of nitrogens with zero attached hydrogens (tertiary/aromatic N) is 2. The van der Waals surface area contributed by atoms with Crippen molar-refractivity contribution in [1.82, 2.24) is 15.2 Å². The van der Waals surface area contributed by atoms with Crippen molar-refractivity contribution in [3.8, 4) is 10.4 Å². The molecule has 1 aliphatic heterocycles. The van der Waals surface area contributed by atoms with Gasteiger partial charge in [0.1, 0.15) is 11.5 Å². The molecule has 3 aromatic rings. The Balaban J connectivity index is 1.36. The number of hydrogen-bond donors (Lipinski definition) is 1. The van der Waals surface area contributed by atoms with Crippen molar-refractivity contribution in [2.75, 3.05) is 6.54 Å². The minimum Gasteiger partial charge on any atom is -0.350 e. The lowest BCUT2D eigenvalue weighted by molar-refractivity contribution is 0.0684. The molecule has 0 bridgehead atoms. The van der Waals surface area contributed by atoms with Crippen LogP contribution in [-0.4, -0.2) is 40.3 Å². The van der Waals surface area contributed by atoms with Gasteiger partial charge in [0.15, 0.2) is 0 Å². The van der Waals surface area contributed by atoms with E-state index in [1.165, 1.54) is 29.5 Å². The second kappa shape index (κ2) is 8.54. The van der Waals surface area contributed by atoms with Gasteiger partial charge in [-0.3, -0.25) is 9.59 Å². The molecular formula is C25H23ClFN3O2S. The predicted octanol–water partition coefficient (Wildman–Crippen LogP) is 5.25. The highest BCUT2D eigenvalue weighted by molar-refractivity contribution is 7.15. The summed E-state index contributed by atoms with van der Waals surface area (Å²) in [6.07, 6.45) is 1.81. The third kappa shape index (κ3) is 4.15. The SMILES string of the molecule is Cc1cccc(-c2sc(C)nc2C(=O)N2C(CNC(=O)c3cccc(F)c3Cl)CC3C[C@@H]32)c1. The van der Waals surface area contributed by atoms with E-state index in [0.29, 0.717) is 11.6 Å². The van der Waals surface area contributed by atoms with Gasteiger partial charge < -0.3 is 10.2 Å². The van der Waals surface area contributed by atoms with Crippen molar-refractivity contribution in [2.24, 2.45) is 5.92 Å². The first-order valence-electron chi connectivity index (χ1n) is 10.9. The average Bonchev–Trinajstić information content (AvgIpc) is 3.27. The molecule has 1 aromatic heterocycles. The number of carbonyl (C=O) groups excluding carboxylic acids is 2. The molecule has 2 fully saturated rings. The monoisotopic (exact) mass is 483 g/mol. The standard InChI is InChI=1S/C25H23ClFN3O2S/c1-13-5-3-6-15(9-13)23-22(29-14(2)33-23)25(32)30-17(10-16-11-20(16)30)12-28-24(31)18-7-4-8-19(27)21(18)26/h3-9,16-17,20H,10-12H2,1-2H3,(H,28,31)/t16?,17?,20-/m0/s1. The maximum Gasteiger partial charge on any atom is 0.274 e. The molecule has 1 saturated carbocycles. The highest BCUT2D eigenvalue weighted by Crippen LogP contribution is 2.48. The molecule has 3 atom stereocenters. The van der Waals surface area contributed by atoms with Crippen molar-refractivity contribution < 1.29 is 14.0 Å². The number of benzene rings is 2. The van der Waals surface area contributed by atoms with E-state index < -0.39 is 11.7 Å². The summed E-state index contributed by atoms with van der Waals surface area (Å²) in [5.74, 6) is -0.720. The van der Waals surface area contributed by atoms with E-state index in [2.05, 4.69) is 16.4 Å². The smallest absolute Gasteiger partial charge is 0.274 e. The van der Waals surface area contributed by atoms with E-state index in [1.807, 2.05) is 36.9 Å². The van der Waals surface area contributed by atoms with Crippen LogP contribution in [-0.2, 0) is 0 Å². The van der Waals surface area contributed by atoms with E-state index >= 15 is 0 Å². The number of nitrogens with one attached hydrogen (secondary N) is 1. The van der Waals surface area contributed by atoms with Crippen LogP contribution in [0.5, 0.6) is 0 Å². The molecule has 2 aliphatic rings. The fraction of sp³-hybridized carbons (Fsp3) is 0.320. The van der Waals surface area contributed by atoms with Gasteiger partial charge in [-0.05, 0) is 50.3 Å². The van der Waals surface area contributed by atoms with Crippen molar-refractivity contribution in [3.63, 3.8) is 0 Å². The lowest BCUT2D eigenvalue weighted by Crippen LogP contribution is -2.45. The molecule has 5 nitrogen and oxygen atoms in total. The molecule has 8 heteroatoms. The summed E-state index contributed by atoms with van der Waals surface area (Å²) in [4.78, 5) is 33.7. The van der Waals surface area contributed by atoms with Gasteiger partial charge in [-0.15, -0.1) is 11.3 Å². The first-order valence-corrected chi connectivity index (χ1v) is 12.1. The van der Waals surface area contributed by atoms with E-state index in [1.54, 1.807) is 0 Å². The van der Waals surface area contributed by atoms with Crippen LogP contribution in [0.2, 0.25) is 5.02 Å². The number of amides is 2. The number of carbonyl (C=O) groups is 2. The molecular weight excluding hydrogens is 461 g/mol. The van der Waals surface area contributed by atoms with Gasteiger partial charge in [0.25, 0.3) is 11.8 Å². The molecule has 2 heterocycles. The Bertz CT molecular complexity index is 1260. The quantitative estimate of drug-likeness (QED) is 0.539. The van der Waals surface area contributed by atoms with Gasteiger partial charge in [0.2, 0.25) is 0 Å². The molecule has 1 N–H and O–H groups in total. The third-order valence-corrected chi connectivity index (χ3v) is 7.76. The minimum absolute atomic E-state index is 0.0922. The highest BCUT2D eigenvalue weighted by atomic mass is 35.5. The van der Waals surface area contributed by atoms with Crippen LogP contribution in [0, 0.1) is 25.6 Å². The second-order valence-electron chi connectivity index (χ2n) is 8.76. The summed E-state index contributed by atoms with van der Waals surface area (Å²) in [5.41, 5.74) is 2.67. The summed E-state index contributed by atoms with van der Waals surface area (Å²) in [6, 6.07) is 12.3. The summed E-state index contributed by atoms with van der Waals surface area (Å²) < 4.78 is 13.7. The van der Waals surface area contributed by atoms with Crippen LogP contribution in [0.4, 0.5) is 4.39 Å². The lowest BCUT2D eigenvalue weighted by atomic mass is 10.1. The lowest BCUT2D eigenvalue weighted by Gasteiger charge is -2.27. The summed E-state index contributed by atoms with van der Waals surface area (Å²) in [7, 11) is 0. The normalized spacial score (nSPS) is 21.1. The summed E-state index contributed by atoms with van der Waals surface area (Å²) in [5, 5.41) is 3.49. The number of hydrogen-bond acceptors (Lipinski definition) is 4. The van der Waals surface area contributed by atoms with Crippen molar-refractivity contribution in [2.45, 2.75) is 38.8 Å².